The number of likely N-dealkylation sites (tertiary alicyclic amines) is 1. The van der Waals surface area contributed by atoms with E-state index in [1.54, 1.807) is 24.9 Å². The van der Waals surface area contributed by atoms with Crippen LogP contribution >= 0.6 is 22.9 Å². The molecular formula is C30H36ClN5O4S. The van der Waals surface area contributed by atoms with Crippen molar-refractivity contribution in [1.29, 1.82) is 0 Å². The van der Waals surface area contributed by atoms with Gasteiger partial charge in [0.2, 0.25) is 5.91 Å². The highest BCUT2D eigenvalue weighted by atomic mass is 35.5. The maximum absolute atomic E-state index is 14.5. The number of thiophene rings is 1. The summed E-state index contributed by atoms with van der Waals surface area (Å²) in [7, 11) is 1.71. The number of amides is 3. The molecule has 3 aromatic rings. The Hall–Kier alpha value is -3.21. The van der Waals surface area contributed by atoms with Gasteiger partial charge in [0.1, 0.15) is 11.2 Å². The van der Waals surface area contributed by atoms with Crippen molar-refractivity contribution in [2.45, 2.75) is 51.1 Å². The Balaban J connectivity index is 1.76. The first-order chi connectivity index (χ1) is 19.4. The molecule has 0 aliphatic carbocycles. The van der Waals surface area contributed by atoms with E-state index < -0.39 is 29.8 Å². The molecule has 1 aromatic carbocycles. The van der Waals surface area contributed by atoms with E-state index in [0.717, 1.165) is 11.1 Å². The number of aryl methyl sites for hydroxylation is 2. The van der Waals surface area contributed by atoms with Crippen LogP contribution in [-0.4, -0.2) is 69.6 Å². The van der Waals surface area contributed by atoms with E-state index in [0.29, 0.717) is 47.6 Å². The molecule has 2 N–H and O–H groups in total. The van der Waals surface area contributed by atoms with Crippen molar-refractivity contribution in [3.8, 4) is 0 Å². The molecule has 2 fully saturated rings. The number of halogens is 1. The molecule has 11 heteroatoms. The summed E-state index contributed by atoms with van der Waals surface area (Å²) < 4.78 is 7.01. The maximum Gasteiger partial charge on any atom is 0.321 e. The molecule has 2 aliphatic heterocycles. The number of carbonyl (C=O) groups excluding carboxylic acids is 3. The second-order valence-electron chi connectivity index (χ2n) is 11.8. The first-order valence-corrected chi connectivity index (χ1v) is 15.0. The fraction of sp³-hybridized carbons (Fsp3) is 0.467. The number of hydrogen-bond donors (Lipinski definition) is 1. The molecule has 0 spiro atoms. The van der Waals surface area contributed by atoms with Gasteiger partial charge in [0, 0.05) is 31.6 Å². The first kappa shape index (κ1) is 29.3. The summed E-state index contributed by atoms with van der Waals surface area (Å²) in [5, 5.41) is 6.66. The number of aromatic nitrogens is 2. The lowest BCUT2D eigenvalue weighted by atomic mass is 9.76. The van der Waals surface area contributed by atoms with Crippen molar-refractivity contribution in [1.82, 2.24) is 19.6 Å². The van der Waals surface area contributed by atoms with Crippen molar-refractivity contribution in [3.05, 3.63) is 74.2 Å². The van der Waals surface area contributed by atoms with E-state index in [2.05, 4.69) is 25.9 Å². The average molecular weight is 598 g/mol. The summed E-state index contributed by atoms with van der Waals surface area (Å²) in [6, 6.07) is 9.19. The summed E-state index contributed by atoms with van der Waals surface area (Å²) in [5.74, 6) is -2.39. The Bertz CT molecular complexity index is 1440. The summed E-state index contributed by atoms with van der Waals surface area (Å²) in [6.45, 7) is 9.66. The van der Waals surface area contributed by atoms with Crippen molar-refractivity contribution < 1.29 is 19.1 Å². The average Bonchev–Trinajstić information content (AvgIpc) is 3.65. The molecule has 5 rings (SSSR count). The summed E-state index contributed by atoms with van der Waals surface area (Å²) >= 11 is 8.17. The number of nitrogens with two attached hydrogens (primary N) is 1. The molecule has 9 nitrogen and oxygen atoms in total. The number of nitrogens with zero attached hydrogens (tertiary/aromatic N) is 4. The van der Waals surface area contributed by atoms with Crippen LogP contribution < -0.4 is 5.73 Å². The number of carbonyl (C=O) groups is 3. The van der Waals surface area contributed by atoms with Gasteiger partial charge in [0.25, 0.3) is 0 Å². The van der Waals surface area contributed by atoms with E-state index in [1.165, 1.54) is 20.9 Å². The summed E-state index contributed by atoms with van der Waals surface area (Å²) in [6.07, 6.45) is 0. The van der Waals surface area contributed by atoms with Crippen LogP contribution in [0.3, 0.4) is 0 Å². The van der Waals surface area contributed by atoms with E-state index in [-0.39, 0.29) is 17.2 Å². The Morgan fingerprint density at radius 3 is 2.27 bits per heavy atom. The molecule has 218 valence electrons. The fourth-order valence-electron chi connectivity index (χ4n) is 6.17. The summed E-state index contributed by atoms with van der Waals surface area (Å²) in [4.78, 5) is 46.0. The van der Waals surface area contributed by atoms with Gasteiger partial charge < -0.3 is 20.3 Å². The SMILES string of the molecule is Cc1nn(C)c(Cl)c1C1C(C(=O)c2cccs2)C(c2ccc(C(C)(C)C)cc2)C(C(N)=O)N1C(=O)N1CCOCC1. The molecule has 3 amide bonds. The van der Waals surface area contributed by atoms with Crippen LogP contribution in [-0.2, 0) is 22.0 Å². The zero-order chi connectivity index (χ0) is 29.6. The van der Waals surface area contributed by atoms with Crippen molar-refractivity contribution in [2.24, 2.45) is 18.7 Å². The van der Waals surface area contributed by atoms with Gasteiger partial charge in [0.05, 0.1) is 35.7 Å². The third-order valence-electron chi connectivity index (χ3n) is 8.18. The Kier molecular flexibility index (Phi) is 8.02. The van der Waals surface area contributed by atoms with Gasteiger partial charge in [-0.25, -0.2) is 4.79 Å². The lowest BCUT2D eigenvalue weighted by molar-refractivity contribution is -0.122. The minimum atomic E-state index is -1.10. The Morgan fingerprint density at radius 2 is 1.76 bits per heavy atom. The van der Waals surface area contributed by atoms with Gasteiger partial charge in [-0.2, -0.15) is 5.10 Å². The molecule has 0 radical (unpaired) electrons. The van der Waals surface area contributed by atoms with Crippen LogP contribution in [0.2, 0.25) is 5.15 Å². The van der Waals surface area contributed by atoms with Gasteiger partial charge in [-0.1, -0.05) is 62.7 Å². The van der Waals surface area contributed by atoms with E-state index in [4.69, 9.17) is 22.1 Å². The largest absolute Gasteiger partial charge is 0.378 e. The standard InChI is InChI=1S/C30H36ClN5O4S/c1-17-21(27(31)34(5)33-17)24-23(26(37)20-7-6-16-41-20)22(18-8-10-19(11-9-18)30(2,3)4)25(28(32)38)36(24)29(39)35-12-14-40-15-13-35/h6-11,16,22-25H,12-15H2,1-5H3,(H2,32,38). The predicted molar refractivity (Wildman–Crippen MR) is 158 cm³/mol. The number of ether oxygens (including phenoxy) is 1. The van der Waals surface area contributed by atoms with Gasteiger partial charge in [0.15, 0.2) is 5.78 Å². The van der Waals surface area contributed by atoms with Gasteiger partial charge in [-0.3, -0.25) is 14.3 Å². The second-order valence-corrected chi connectivity index (χ2v) is 13.1. The third kappa shape index (κ3) is 5.29. The first-order valence-electron chi connectivity index (χ1n) is 13.7. The number of benzene rings is 1. The predicted octanol–water partition coefficient (Wildman–Crippen LogP) is 4.69. The Morgan fingerprint density at radius 1 is 1.10 bits per heavy atom. The normalized spacial score (nSPS) is 23.2. The molecule has 2 aliphatic rings. The molecule has 4 atom stereocenters. The molecule has 4 heterocycles. The van der Waals surface area contributed by atoms with E-state index in [1.807, 2.05) is 35.7 Å². The van der Waals surface area contributed by atoms with Crippen LogP contribution in [0.1, 0.15) is 64.8 Å². The van der Waals surface area contributed by atoms with Gasteiger partial charge in [-0.05, 0) is 34.9 Å². The highest BCUT2D eigenvalue weighted by Gasteiger charge is 2.59. The smallest absolute Gasteiger partial charge is 0.321 e. The molecule has 41 heavy (non-hydrogen) atoms. The van der Waals surface area contributed by atoms with Gasteiger partial charge >= 0.3 is 6.03 Å². The second kappa shape index (κ2) is 11.2. The lowest BCUT2D eigenvalue weighted by Gasteiger charge is -2.37. The van der Waals surface area contributed by atoms with E-state index in [9.17, 15) is 14.4 Å². The molecule has 2 aromatic heterocycles. The molecule has 0 bridgehead atoms. The number of urea groups is 1. The van der Waals surface area contributed by atoms with Crippen molar-refractivity contribution >= 4 is 40.7 Å². The van der Waals surface area contributed by atoms with Crippen molar-refractivity contribution in [3.63, 3.8) is 0 Å². The number of ketones is 1. The van der Waals surface area contributed by atoms with Crippen LogP contribution in [0.15, 0.2) is 41.8 Å². The highest BCUT2D eigenvalue weighted by Crippen LogP contribution is 2.53. The molecular weight excluding hydrogens is 562 g/mol. The number of rotatable bonds is 5. The number of Topliss-reactive ketones (excluding diaryl/α,β-unsaturated/α-hetero) is 1. The van der Waals surface area contributed by atoms with E-state index >= 15 is 0 Å². The lowest BCUT2D eigenvalue weighted by Crippen LogP contribution is -2.54. The highest BCUT2D eigenvalue weighted by molar-refractivity contribution is 7.12. The monoisotopic (exact) mass is 597 g/mol. The van der Waals surface area contributed by atoms with Crippen LogP contribution in [0.5, 0.6) is 0 Å². The molecule has 0 saturated carbocycles. The topological polar surface area (TPSA) is 111 Å². The zero-order valence-electron chi connectivity index (χ0n) is 24.0. The minimum Gasteiger partial charge on any atom is -0.378 e. The molecule has 2 saturated heterocycles. The maximum atomic E-state index is 14.5. The van der Waals surface area contributed by atoms with Crippen molar-refractivity contribution in [2.75, 3.05) is 26.3 Å². The number of hydrogen-bond acceptors (Lipinski definition) is 6. The quantitative estimate of drug-likeness (QED) is 0.429. The number of primary amides is 1. The summed E-state index contributed by atoms with van der Waals surface area (Å²) in [5.41, 5.74) is 9.05. The Labute approximate surface area is 249 Å². The number of morpholine rings is 1. The van der Waals surface area contributed by atoms with Gasteiger partial charge in [-0.15, -0.1) is 11.3 Å². The van der Waals surface area contributed by atoms with Crippen LogP contribution in [0.25, 0.3) is 0 Å². The van der Waals surface area contributed by atoms with Crippen LogP contribution in [0, 0.1) is 12.8 Å². The fourth-order valence-corrected chi connectivity index (χ4v) is 7.17. The zero-order valence-corrected chi connectivity index (χ0v) is 25.5. The van der Waals surface area contributed by atoms with Crippen LogP contribution in [0.4, 0.5) is 4.79 Å². The minimum absolute atomic E-state index is 0.0926. The molecule has 4 unspecified atom stereocenters. The third-order valence-corrected chi connectivity index (χ3v) is 9.51.